The van der Waals surface area contributed by atoms with Crippen LogP contribution in [0.1, 0.15) is 46.0 Å². The van der Waals surface area contributed by atoms with Crippen LogP contribution in [0.3, 0.4) is 0 Å². The van der Waals surface area contributed by atoms with Crippen molar-refractivity contribution in [3.8, 4) is 0 Å². The Kier molecular flexibility index (Phi) is 6.26. The van der Waals surface area contributed by atoms with Gasteiger partial charge in [0.1, 0.15) is 6.10 Å². The largest absolute Gasteiger partial charge is 0.446 e. The molecule has 0 fully saturated rings. The summed E-state index contributed by atoms with van der Waals surface area (Å²) in [5.41, 5.74) is 0.800. The maximum absolute atomic E-state index is 12.2. The lowest BCUT2D eigenvalue weighted by atomic mass is 10.1. The molecule has 1 atom stereocenters. The molecular weight excluding hydrogens is 274 g/mol. The van der Waals surface area contributed by atoms with Gasteiger partial charge in [0, 0.05) is 5.39 Å². The number of hydrogen-bond acceptors (Lipinski definition) is 2. The number of hydrogen-bond donors (Lipinski definition) is 1. The maximum Gasteiger partial charge on any atom is 0.411 e. The van der Waals surface area contributed by atoms with Crippen LogP contribution in [0, 0.1) is 0 Å². The molecule has 0 aliphatic carbocycles. The van der Waals surface area contributed by atoms with Gasteiger partial charge in [-0.3, -0.25) is 5.32 Å². The van der Waals surface area contributed by atoms with Crippen molar-refractivity contribution in [2.45, 2.75) is 52.1 Å². The molecule has 0 radical (unpaired) electrons. The van der Waals surface area contributed by atoms with Gasteiger partial charge in [0.05, 0.1) is 5.69 Å². The number of amides is 1. The summed E-state index contributed by atoms with van der Waals surface area (Å²) in [7, 11) is 0. The van der Waals surface area contributed by atoms with E-state index in [1.54, 1.807) is 0 Å². The molecule has 3 nitrogen and oxygen atoms in total. The van der Waals surface area contributed by atoms with Crippen molar-refractivity contribution in [1.82, 2.24) is 0 Å². The zero-order chi connectivity index (χ0) is 15.8. The predicted molar refractivity (Wildman–Crippen MR) is 92.3 cm³/mol. The first-order valence-electron chi connectivity index (χ1n) is 8.20. The molecule has 0 bridgehead atoms. The lowest BCUT2D eigenvalue weighted by molar-refractivity contribution is 0.0978. The highest BCUT2D eigenvalue weighted by molar-refractivity contribution is 6.00. The van der Waals surface area contributed by atoms with E-state index in [1.807, 2.05) is 42.5 Å². The Morgan fingerprint density at radius 1 is 1.05 bits per heavy atom. The first kappa shape index (κ1) is 16.3. The minimum Gasteiger partial charge on any atom is -0.446 e. The minimum atomic E-state index is -0.356. The third-order valence-corrected chi connectivity index (χ3v) is 3.79. The molecule has 0 aliphatic rings. The smallest absolute Gasteiger partial charge is 0.411 e. The number of anilines is 1. The molecule has 1 amide bonds. The van der Waals surface area contributed by atoms with Crippen LogP contribution in [0.15, 0.2) is 42.5 Å². The van der Waals surface area contributed by atoms with Crippen molar-refractivity contribution < 1.29 is 9.53 Å². The van der Waals surface area contributed by atoms with E-state index in [0.29, 0.717) is 0 Å². The van der Waals surface area contributed by atoms with E-state index in [9.17, 15) is 4.79 Å². The van der Waals surface area contributed by atoms with Crippen molar-refractivity contribution in [2.24, 2.45) is 0 Å². The Balaban J connectivity index is 2.03. The number of benzene rings is 2. The third-order valence-electron chi connectivity index (χ3n) is 3.79. The summed E-state index contributed by atoms with van der Waals surface area (Å²) in [4.78, 5) is 12.2. The van der Waals surface area contributed by atoms with Crippen molar-refractivity contribution in [1.29, 1.82) is 0 Å². The maximum atomic E-state index is 12.2. The van der Waals surface area contributed by atoms with E-state index in [2.05, 4.69) is 19.2 Å². The van der Waals surface area contributed by atoms with Crippen molar-refractivity contribution in [3.05, 3.63) is 42.5 Å². The van der Waals surface area contributed by atoms with Gasteiger partial charge in [0.25, 0.3) is 0 Å². The van der Waals surface area contributed by atoms with E-state index in [0.717, 1.165) is 48.6 Å². The molecule has 0 aromatic heterocycles. The number of fused-ring (bicyclic) bond motifs is 1. The van der Waals surface area contributed by atoms with Crippen LogP contribution in [0.2, 0.25) is 0 Å². The highest BCUT2D eigenvalue weighted by atomic mass is 16.6. The second kappa shape index (κ2) is 8.42. The monoisotopic (exact) mass is 299 g/mol. The summed E-state index contributed by atoms with van der Waals surface area (Å²) in [6.45, 7) is 4.27. The SMILES string of the molecule is CCCC[C@H](CCC)OC(=O)Nc1cccc2ccccc12. The van der Waals surface area contributed by atoms with Crippen LogP contribution in [-0.4, -0.2) is 12.2 Å². The topological polar surface area (TPSA) is 38.3 Å². The summed E-state index contributed by atoms with van der Waals surface area (Å²) in [5.74, 6) is 0. The second-order valence-corrected chi connectivity index (χ2v) is 5.61. The second-order valence-electron chi connectivity index (χ2n) is 5.61. The Hall–Kier alpha value is -2.03. The van der Waals surface area contributed by atoms with Gasteiger partial charge >= 0.3 is 6.09 Å². The van der Waals surface area contributed by atoms with Crippen LogP contribution in [0.5, 0.6) is 0 Å². The highest BCUT2D eigenvalue weighted by Gasteiger charge is 2.14. The molecule has 1 N–H and O–H groups in total. The summed E-state index contributed by atoms with van der Waals surface area (Å²) in [6.07, 6.45) is 4.75. The van der Waals surface area contributed by atoms with Gasteiger partial charge in [-0.15, -0.1) is 0 Å². The first-order valence-corrected chi connectivity index (χ1v) is 8.20. The number of rotatable bonds is 7. The first-order chi connectivity index (χ1) is 10.7. The minimum absolute atomic E-state index is 0.0138. The number of nitrogens with one attached hydrogen (secondary N) is 1. The Bertz CT molecular complexity index is 604. The fraction of sp³-hybridized carbons (Fsp3) is 0.421. The zero-order valence-corrected chi connectivity index (χ0v) is 13.5. The molecule has 0 aliphatic heterocycles. The summed E-state index contributed by atoms with van der Waals surface area (Å²) < 4.78 is 5.60. The fourth-order valence-corrected chi connectivity index (χ4v) is 2.64. The van der Waals surface area contributed by atoms with Gasteiger partial charge in [-0.05, 0) is 24.3 Å². The quantitative estimate of drug-likeness (QED) is 0.707. The average molecular weight is 299 g/mol. The standard InChI is InChI=1S/C19H25NO2/c1-3-5-12-16(9-4-2)22-19(21)20-18-14-8-11-15-10-6-7-13-17(15)18/h6-8,10-11,13-14,16H,3-5,9,12H2,1-2H3,(H,20,21)/t16-/m0/s1. The third kappa shape index (κ3) is 4.48. The molecular formula is C19H25NO2. The number of unbranched alkanes of at least 4 members (excludes halogenated alkanes) is 1. The van der Waals surface area contributed by atoms with Crippen molar-refractivity contribution in [2.75, 3.05) is 5.32 Å². The Morgan fingerprint density at radius 2 is 1.82 bits per heavy atom. The van der Waals surface area contributed by atoms with E-state index >= 15 is 0 Å². The molecule has 2 aromatic carbocycles. The highest BCUT2D eigenvalue weighted by Crippen LogP contribution is 2.23. The summed E-state index contributed by atoms with van der Waals surface area (Å²) in [5, 5.41) is 5.03. The van der Waals surface area contributed by atoms with Crippen molar-refractivity contribution >= 4 is 22.6 Å². The Labute approximate surface area is 132 Å². The normalized spacial score (nSPS) is 12.1. The summed E-state index contributed by atoms with van der Waals surface area (Å²) >= 11 is 0. The van der Waals surface area contributed by atoms with E-state index in [-0.39, 0.29) is 12.2 Å². The molecule has 0 unspecified atom stereocenters. The van der Waals surface area contributed by atoms with Crippen LogP contribution in [0.4, 0.5) is 10.5 Å². The van der Waals surface area contributed by atoms with Crippen LogP contribution < -0.4 is 5.32 Å². The summed E-state index contributed by atoms with van der Waals surface area (Å²) in [6, 6.07) is 13.9. The predicted octanol–water partition coefficient (Wildman–Crippen LogP) is 5.75. The molecule has 0 saturated carbocycles. The lowest BCUT2D eigenvalue weighted by Crippen LogP contribution is -2.22. The number of carbonyl (C=O) groups is 1. The van der Waals surface area contributed by atoms with Gasteiger partial charge in [-0.2, -0.15) is 0 Å². The molecule has 118 valence electrons. The number of ether oxygens (including phenoxy) is 1. The molecule has 2 aromatic rings. The van der Waals surface area contributed by atoms with Gasteiger partial charge in [0.15, 0.2) is 0 Å². The zero-order valence-electron chi connectivity index (χ0n) is 13.5. The molecule has 2 rings (SSSR count). The molecule has 0 heterocycles. The van der Waals surface area contributed by atoms with E-state index in [4.69, 9.17) is 4.74 Å². The van der Waals surface area contributed by atoms with E-state index < -0.39 is 0 Å². The molecule has 0 spiro atoms. The molecule has 0 saturated heterocycles. The molecule has 22 heavy (non-hydrogen) atoms. The van der Waals surface area contributed by atoms with Gasteiger partial charge in [-0.25, -0.2) is 4.79 Å². The van der Waals surface area contributed by atoms with Crippen LogP contribution in [-0.2, 0) is 4.74 Å². The van der Waals surface area contributed by atoms with Gasteiger partial charge in [-0.1, -0.05) is 69.5 Å². The number of carbonyl (C=O) groups excluding carboxylic acids is 1. The fourth-order valence-electron chi connectivity index (χ4n) is 2.64. The molecule has 3 heteroatoms. The van der Waals surface area contributed by atoms with Crippen LogP contribution in [0.25, 0.3) is 10.8 Å². The van der Waals surface area contributed by atoms with E-state index in [1.165, 1.54) is 0 Å². The van der Waals surface area contributed by atoms with Gasteiger partial charge < -0.3 is 4.74 Å². The van der Waals surface area contributed by atoms with Crippen molar-refractivity contribution in [3.63, 3.8) is 0 Å². The average Bonchev–Trinajstić information content (AvgIpc) is 2.53. The Morgan fingerprint density at radius 3 is 2.59 bits per heavy atom. The van der Waals surface area contributed by atoms with Crippen LogP contribution >= 0.6 is 0 Å². The lowest BCUT2D eigenvalue weighted by Gasteiger charge is -2.18. The van der Waals surface area contributed by atoms with Gasteiger partial charge in [0.2, 0.25) is 0 Å².